The number of hydrogen-bond donors (Lipinski definition) is 1. The molecule has 2 aromatic carbocycles. The van der Waals surface area contributed by atoms with Crippen LogP contribution in [0, 0.1) is 0 Å². The molecule has 2 atom stereocenters. The van der Waals surface area contributed by atoms with E-state index in [-0.39, 0.29) is 10.7 Å². The summed E-state index contributed by atoms with van der Waals surface area (Å²) in [6.45, 7) is 6.43. The second kappa shape index (κ2) is 8.61. The zero-order valence-corrected chi connectivity index (χ0v) is 16.4. The molecule has 0 aliphatic heterocycles. The maximum Gasteiger partial charge on any atom is 0.136 e. The van der Waals surface area contributed by atoms with E-state index in [0.29, 0.717) is 6.54 Å². The Balaban J connectivity index is 2.33. The lowest BCUT2D eigenvalue weighted by Crippen LogP contribution is -2.41. The number of hydrogen-bond acceptors (Lipinski definition) is 4. The number of para-hydroxylation sites is 1. The molecule has 2 aromatic rings. The Morgan fingerprint density at radius 3 is 2.20 bits per heavy atom. The summed E-state index contributed by atoms with van der Waals surface area (Å²) in [7, 11) is 3.32. The second-order valence-corrected chi connectivity index (χ2v) is 8.85. The van der Waals surface area contributed by atoms with Gasteiger partial charge in [0.05, 0.1) is 20.8 Å². The molecule has 0 aliphatic rings. The Morgan fingerprint density at radius 1 is 1.00 bits per heavy atom. The minimum atomic E-state index is -1.14. The quantitative estimate of drug-likeness (QED) is 0.760. The van der Waals surface area contributed by atoms with Crippen molar-refractivity contribution in [1.82, 2.24) is 4.72 Å². The van der Waals surface area contributed by atoms with Crippen molar-refractivity contribution in [2.24, 2.45) is 0 Å². The molecule has 0 heterocycles. The zero-order chi connectivity index (χ0) is 18.4. The number of rotatable bonds is 7. The van der Waals surface area contributed by atoms with Crippen LogP contribution in [-0.4, -0.2) is 30.1 Å². The van der Waals surface area contributed by atoms with E-state index in [9.17, 15) is 4.55 Å². The molecule has 0 spiro atoms. The molecule has 0 amide bonds. The highest BCUT2D eigenvalue weighted by molar-refractivity contribution is 7.90. The fourth-order valence-corrected chi connectivity index (χ4v) is 3.32. The highest BCUT2D eigenvalue weighted by atomic mass is 32.2. The van der Waals surface area contributed by atoms with E-state index in [4.69, 9.17) is 9.47 Å². The summed E-state index contributed by atoms with van der Waals surface area (Å²) in [6.07, 6.45) is 0. The van der Waals surface area contributed by atoms with Crippen LogP contribution in [0.1, 0.15) is 37.8 Å². The summed E-state index contributed by atoms with van der Waals surface area (Å²) in [4.78, 5) is 0. The van der Waals surface area contributed by atoms with Crippen molar-refractivity contribution in [1.29, 1.82) is 0 Å². The normalized spacial score (nSPS) is 14.0. The van der Waals surface area contributed by atoms with Gasteiger partial charge < -0.3 is 14.0 Å². The molecule has 0 radical (unpaired) electrons. The standard InChI is InChI=1S/C20H27NO3S/c1-20(2,3)25(22)21-14-18(15-10-12-16(23-4)13-11-15)17-8-6-7-9-19(17)24-5/h6-13,18,21H,14H2,1-5H3/t18-,25?/m1/s1. The van der Waals surface area contributed by atoms with Gasteiger partial charge in [0.1, 0.15) is 16.2 Å². The van der Waals surface area contributed by atoms with Crippen molar-refractivity contribution in [3.8, 4) is 11.5 Å². The van der Waals surface area contributed by atoms with Crippen molar-refractivity contribution < 1.29 is 14.0 Å². The molecule has 1 unspecified atom stereocenters. The Labute approximate surface area is 153 Å². The summed E-state index contributed by atoms with van der Waals surface area (Å²) in [5.41, 5.74) is 2.18. The van der Waals surface area contributed by atoms with Crippen LogP contribution in [0.4, 0.5) is 0 Å². The minimum Gasteiger partial charge on any atom is -0.598 e. The molecule has 0 saturated heterocycles. The third-order valence-electron chi connectivity index (χ3n) is 4.01. The van der Waals surface area contributed by atoms with Crippen LogP contribution in [0.2, 0.25) is 0 Å². The first-order chi connectivity index (χ1) is 11.9. The van der Waals surface area contributed by atoms with Gasteiger partial charge in [0.2, 0.25) is 0 Å². The molecule has 1 N–H and O–H groups in total. The fourth-order valence-electron chi connectivity index (χ4n) is 2.57. The predicted octanol–water partition coefficient (Wildman–Crippen LogP) is 3.89. The topological polar surface area (TPSA) is 53.5 Å². The first-order valence-electron chi connectivity index (χ1n) is 8.29. The maximum absolute atomic E-state index is 12.4. The van der Waals surface area contributed by atoms with E-state index in [1.165, 1.54) is 0 Å². The SMILES string of the molecule is COc1ccc([C@@H](CN[S+]([O-])C(C)(C)C)c2ccccc2OC)cc1. The van der Waals surface area contributed by atoms with Crippen molar-refractivity contribution in [2.45, 2.75) is 31.4 Å². The smallest absolute Gasteiger partial charge is 0.136 e. The molecule has 0 saturated carbocycles. The van der Waals surface area contributed by atoms with E-state index in [2.05, 4.69) is 10.8 Å². The molecule has 5 heteroatoms. The average molecular weight is 362 g/mol. The summed E-state index contributed by atoms with van der Waals surface area (Å²) < 4.78 is 26.1. The van der Waals surface area contributed by atoms with Gasteiger partial charge in [-0.1, -0.05) is 30.3 Å². The van der Waals surface area contributed by atoms with E-state index in [1.54, 1.807) is 14.2 Å². The summed E-state index contributed by atoms with van der Waals surface area (Å²) in [6, 6.07) is 15.9. The summed E-state index contributed by atoms with van der Waals surface area (Å²) in [5.74, 6) is 1.66. The van der Waals surface area contributed by atoms with Crippen molar-refractivity contribution in [2.75, 3.05) is 20.8 Å². The number of benzene rings is 2. The Kier molecular flexibility index (Phi) is 6.76. The van der Waals surface area contributed by atoms with Crippen LogP contribution in [0.5, 0.6) is 11.5 Å². The van der Waals surface area contributed by atoms with Crippen LogP contribution in [-0.2, 0) is 11.4 Å². The summed E-state index contributed by atoms with van der Waals surface area (Å²) >= 11 is -1.14. The van der Waals surface area contributed by atoms with Gasteiger partial charge in [-0.15, -0.1) is 4.72 Å². The van der Waals surface area contributed by atoms with Gasteiger partial charge >= 0.3 is 0 Å². The first-order valence-corrected chi connectivity index (χ1v) is 9.44. The van der Waals surface area contributed by atoms with Crippen molar-refractivity contribution in [3.63, 3.8) is 0 Å². The predicted molar refractivity (Wildman–Crippen MR) is 104 cm³/mol. The first kappa shape index (κ1) is 19.6. The van der Waals surface area contributed by atoms with Crippen LogP contribution in [0.25, 0.3) is 0 Å². The molecular weight excluding hydrogens is 334 g/mol. The highest BCUT2D eigenvalue weighted by Crippen LogP contribution is 2.32. The van der Waals surface area contributed by atoms with Gasteiger partial charge in [-0.05, 0) is 44.5 Å². The number of methoxy groups -OCH3 is 2. The number of nitrogens with one attached hydrogen (secondary N) is 1. The fraction of sp³-hybridized carbons (Fsp3) is 0.400. The molecule has 0 bridgehead atoms. The molecule has 25 heavy (non-hydrogen) atoms. The number of ether oxygens (including phenoxy) is 2. The lowest BCUT2D eigenvalue weighted by molar-refractivity contribution is 0.407. The molecule has 0 fully saturated rings. The molecule has 2 rings (SSSR count). The third kappa shape index (κ3) is 5.14. The monoisotopic (exact) mass is 361 g/mol. The molecule has 4 nitrogen and oxygen atoms in total. The van der Waals surface area contributed by atoms with Gasteiger partial charge in [-0.2, -0.15) is 0 Å². The maximum atomic E-state index is 12.4. The molecule has 0 aromatic heterocycles. The Hall–Kier alpha value is -1.69. The zero-order valence-electron chi connectivity index (χ0n) is 15.5. The largest absolute Gasteiger partial charge is 0.598 e. The van der Waals surface area contributed by atoms with Crippen LogP contribution >= 0.6 is 0 Å². The van der Waals surface area contributed by atoms with E-state index in [1.807, 2.05) is 63.2 Å². The van der Waals surface area contributed by atoms with Crippen LogP contribution in [0.3, 0.4) is 0 Å². The van der Waals surface area contributed by atoms with Gasteiger partial charge in [0, 0.05) is 22.8 Å². The van der Waals surface area contributed by atoms with Gasteiger partial charge in [-0.3, -0.25) is 0 Å². The van der Waals surface area contributed by atoms with E-state index >= 15 is 0 Å². The Bertz CT molecular complexity index is 667. The highest BCUT2D eigenvalue weighted by Gasteiger charge is 2.28. The van der Waals surface area contributed by atoms with Gasteiger partial charge in [0.15, 0.2) is 0 Å². The van der Waals surface area contributed by atoms with Gasteiger partial charge in [0.25, 0.3) is 0 Å². The van der Waals surface area contributed by atoms with Crippen molar-refractivity contribution in [3.05, 3.63) is 59.7 Å². The van der Waals surface area contributed by atoms with E-state index in [0.717, 1.165) is 22.6 Å². The summed E-state index contributed by atoms with van der Waals surface area (Å²) in [5, 5.41) is 0. The Morgan fingerprint density at radius 2 is 1.64 bits per heavy atom. The van der Waals surface area contributed by atoms with E-state index < -0.39 is 11.4 Å². The third-order valence-corrected chi connectivity index (χ3v) is 5.55. The molecule has 136 valence electrons. The molecule has 0 aliphatic carbocycles. The molecular formula is C20H27NO3S. The average Bonchev–Trinajstić information content (AvgIpc) is 2.61. The lowest BCUT2D eigenvalue weighted by Gasteiger charge is -2.27. The van der Waals surface area contributed by atoms with Crippen molar-refractivity contribution >= 4 is 11.4 Å². The van der Waals surface area contributed by atoms with Gasteiger partial charge in [-0.25, -0.2) is 0 Å². The van der Waals surface area contributed by atoms with Crippen LogP contribution < -0.4 is 14.2 Å². The second-order valence-electron chi connectivity index (χ2n) is 6.80. The lowest BCUT2D eigenvalue weighted by atomic mass is 9.90. The van der Waals surface area contributed by atoms with Crippen LogP contribution in [0.15, 0.2) is 48.5 Å². The minimum absolute atomic E-state index is 0.0216.